The van der Waals surface area contributed by atoms with Gasteiger partial charge in [0.15, 0.2) is 11.9 Å². The van der Waals surface area contributed by atoms with Gasteiger partial charge in [0, 0.05) is 6.20 Å². The summed E-state index contributed by atoms with van der Waals surface area (Å²) in [5.74, 6) is -2.16. The molecule has 2 heterocycles. The molecule has 2 aromatic rings. The van der Waals surface area contributed by atoms with Crippen molar-refractivity contribution in [2.75, 3.05) is 17.9 Å². The summed E-state index contributed by atoms with van der Waals surface area (Å²) in [7, 11) is 0. The lowest BCUT2D eigenvalue weighted by molar-refractivity contribution is 0.0928. The van der Waals surface area contributed by atoms with Crippen LogP contribution in [0.4, 0.5) is 14.5 Å². The van der Waals surface area contributed by atoms with Gasteiger partial charge in [-0.25, -0.2) is 13.8 Å². The van der Waals surface area contributed by atoms with Crippen LogP contribution in [0.1, 0.15) is 10.4 Å². The van der Waals surface area contributed by atoms with Crippen LogP contribution < -0.4 is 9.64 Å². The normalized spacial score (nSPS) is 13.9. The maximum Gasteiger partial charge on any atom is 0.268 e. The van der Waals surface area contributed by atoms with Gasteiger partial charge in [-0.2, -0.15) is 4.98 Å². The number of amides is 1. The average molecular weight is 309 g/mol. The summed E-state index contributed by atoms with van der Waals surface area (Å²) in [6.07, 6.45) is 3.08. The van der Waals surface area contributed by atoms with E-state index in [9.17, 15) is 13.6 Å². The molecular weight excluding hydrogens is 300 g/mol. The van der Waals surface area contributed by atoms with Crippen molar-refractivity contribution in [1.29, 1.82) is 0 Å². The zero-order chi connectivity index (χ0) is 15.0. The second-order valence-electron chi connectivity index (χ2n) is 4.15. The van der Waals surface area contributed by atoms with Crippen molar-refractivity contribution in [2.24, 2.45) is 0 Å². The number of benzene rings is 1. The second kappa shape index (κ2) is 5.28. The minimum Gasteiger partial charge on any atom is -0.455 e. The van der Waals surface area contributed by atoms with Gasteiger partial charge in [0.2, 0.25) is 5.88 Å². The highest BCUT2D eigenvalue weighted by Gasteiger charge is 2.32. The van der Waals surface area contributed by atoms with Gasteiger partial charge in [0.25, 0.3) is 5.91 Å². The summed E-state index contributed by atoms with van der Waals surface area (Å²) < 4.78 is 32.9. The maximum absolute atomic E-state index is 13.8. The average Bonchev–Trinajstić information content (AvgIpc) is 2.49. The van der Waals surface area contributed by atoms with E-state index in [1.807, 2.05) is 0 Å². The van der Waals surface area contributed by atoms with Gasteiger partial charge < -0.3 is 4.74 Å². The number of carbonyl (C=O) groups is 1. The summed E-state index contributed by atoms with van der Waals surface area (Å²) in [5, 5.41) is 0.451. The van der Waals surface area contributed by atoms with Crippen LogP contribution in [0.15, 0.2) is 29.6 Å². The molecule has 1 aromatic heterocycles. The molecule has 0 spiro atoms. The molecule has 0 radical (unpaired) electrons. The van der Waals surface area contributed by atoms with Crippen LogP contribution in [-0.2, 0) is 0 Å². The SMILES string of the molecule is CSc1ncc2c(n1)OCN(c1c(F)cccc1F)C2=O. The summed E-state index contributed by atoms with van der Waals surface area (Å²) >= 11 is 1.30. The Morgan fingerprint density at radius 1 is 1.33 bits per heavy atom. The van der Waals surface area contributed by atoms with E-state index in [1.165, 1.54) is 24.0 Å². The van der Waals surface area contributed by atoms with Crippen molar-refractivity contribution < 1.29 is 18.3 Å². The molecule has 5 nitrogen and oxygen atoms in total. The molecule has 21 heavy (non-hydrogen) atoms. The molecule has 0 saturated heterocycles. The number of halogens is 2. The zero-order valence-corrected chi connectivity index (χ0v) is 11.7. The molecule has 0 atom stereocenters. The quantitative estimate of drug-likeness (QED) is 0.630. The Morgan fingerprint density at radius 2 is 2.05 bits per heavy atom. The monoisotopic (exact) mass is 309 g/mol. The molecular formula is C13H9F2N3O2S. The second-order valence-corrected chi connectivity index (χ2v) is 4.93. The van der Waals surface area contributed by atoms with Gasteiger partial charge in [-0.3, -0.25) is 9.69 Å². The molecule has 0 unspecified atom stereocenters. The molecule has 3 rings (SSSR count). The third kappa shape index (κ3) is 2.31. The van der Waals surface area contributed by atoms with Crippen molar-refractivity contribution >= 4 is 23.4 Å². The minimum atomic E-state index is -0.836. The molecule has 0 N–H and O–H groups in total. The van der Waals surface area contributed by atoms with E-state index in [-0.39, 0.29) is 18.2 Å². The predicted molar refractivity (Wildman–Crippen MR) is 72.5 cm³/mol. The van der Waals surface area contributed by atoms with E-state index in [4.69, 9.17) is 4.74 Å². The molecule has 0 saturated carbocycles. The maximum atomic E-state index is 13.8. The molecule has 1 aliphatic rings. The Balaban J connectivity index is 2.03. The number of anilines is 1. The third-order valence-electron chi connectivity index (χ3n) is 2.93. The Kier molecular flexibility index (Phi) is 3.46. The largest absolute Gasteiger partial charge is 0.455 e. The number of rotatable bonds is 2. The van der Waals surface area contributed by atoms with Crippen LogP contribution in [0.3, 0.4) is 0 Å². The number of carbonyl (C=O) groups excluding carboxylic acids is 1. The van der Waals surface area contributed by atoms with Crippen LogP contribution in [0, 0.1) is 11.6 Å². The molecule has 0 fully saturated rings. The number of para-hydroxylation sites is 1. The number of nitrogens with zero attached hydrogens (tertiary/aromatic N) is 3. The van der Waals surface area contributed by atoms with Crippen molar-refractivity contribution in [3.8, 4) is 5.88 Å². The van der Waals surface area contributed by atoms with Crippen LogP contribution in [0.25, 0.3) is 0 Å². The Bertz CT molecular complexity index is 706. The van der Waals surface area contributed by atoms with Crippen molar-refractivity contribution in [3.05, 3.63) is 41.6 Å². The Labute approximate surface area is 123 Å². The van der Waals surface area contributed by atoms with E-state index in [2.05, 4.69) is 9.97 Å². The fourth-order valence-corrected chi connectivity index (χ4v) is 2.28. The van der Waals surface area contributed by atoms with Crippen LogP contribution >= 0.6 is 11.8 Å². The number of fused-ring (bicyclic) bond motifs is 1. The number of hydrogen-bond donors (Lipinski definition) is 0. The first-order valence-corrected chi connectivity index (χ1v) is 7.14. The fraction of sp³-hybridized carbons (Fsp3) is 0.154. The summed E-state index contributed by atoms with van der Waals surface area (Å²) in [6.45, 7) is -0.311. The Hall–Kier alpha value is -2.22. The molecule has 0 bridgehead atoms. The zero-order valence-electron chi connectivity index (χ0n) is 10.8. The lowest BCUT2D eigenvalue weighted by Crippen LogP contribution is -2.40. The first-order chi connectivity index (χ1) is 10.1. The highest BCUT2D eigenvalue weighted by Crippen LogP contribution is 2.30. The highest BCUT2D eigenvalue weighted by molar-refractivity contribution is 7.98. The fourth-order valence-electron chi connectivity index (χ4n) is 1.95. The van der Waals surface area contributed by atoms with Gasteiger partial charge >= 0.3 is 0 Å². The molecule has 1 amide bonds. The molecule has 108 valence electrons. The van der Waals surface area contributed by atoms with E-state index in [0.29, 0.717) is 5.16 Å². The number of thioether (sulfide) groups is 1. The molecule has 8 heteroatoms. The van der Waals surface area contributed by atoms with Crippen molar-refractivity contribution in [1.82, 2.24) is 9.97 Å². The molecule has 0 aliphatic carbocycles. The summed E-state index contributed by atoms with van der Waals surface area (Å²) in [4.78, 5) is 21.3. The van der Waals surface area contributed by atoms with Crippen LogP contribution in [-0.4, -0.2) is 28.9 Å². The van der Waals surface area contributed by atoms with E-state index in [0.717, 1.165) is 17.0 Å². The molecule has 1 aromatic carbocycles. The van der Waals surface area contributed by atoms with Gasteiger partial charge in [-0.1, -0.05) is 17.8 Å². The summed E-state index contributed by atoms with van der Waals surface area (Å²) in [5.41, 5.74) is -0.371. The number of ether oxygens (including phenoxy) is 1. The third-order valence-corrected chi connectivity index (χ3v) is 3.49. The van der Waals surface area contributed by atoms with E-state index in [1.54, 1.807) is 6.26 Å². The van der Waals surface area contributed by atoms with Gasteiger partial charge in [0.1, 0.15) is 22.9 Å². The first kappa shape index (κ1) is 13.7. The smallest absolute Gasteiger partial charge is 0.268 e. The summed E-state index contributed by atoms with van der Waals surface area (Å²) in [6, 6.07) is 3.38. The highest BCUT2D eigenvalue weighted by atomic mass is 32.2. The minimum absolute atomic E-state index is 0.0710. The topological polar surface area (TPSA) is 55.3 Å². The van der Waals surface area contributed by atoms with Crippen molar-refractivity contribution in [3.63, 3.8) is 0 Å². The number of hydrogen-bond acceptors (Lipinski definition) is 5. The van der Waals surface area contributed by atoms with Crippen LogP contribution in [0.5, 0.6) is 5.88 Å². The Morgan fingerprint density at radius 3 is 2.71 bits per heavy atom. The first-order valence-electron chi connectivity index (χ1n) is 5.91. The lowest BCUT2D eigenvalue weighted by atomic mass is 10.2. The lowest BCUT2D eigenvalue weighted by Gasteiger charge is -2.28. The van der Waals surface area contributed by atoms with Crippen molar-refractivity contribution in [2.45, 2.75) is 5.16 Å². The van der Waals surface area contributed by atoms with Gasteiger partial charge in [-0.15, -0.1) is 0 Å². The van der Waals surface area contributed by atoms with Gasteiger partial charge in [-0.05, 0) is 18.4 Å². The number of aromatic nitrogens is 2. The van der Waals surface area contributed by atoms with E-state index < -0.39 is 23.2 Å². The molecule has 1 aliphatic heterocycles. The van der Waals surface area contributed by atoms with Gasteiger partial charge in [0.05, 0.1) is 0 Å². The van der Waals surface area contributed by atoms with E-state index >= 15 is 0 Å². The standard InChI is InChI=1S/C13H9F2N3O2S/c1-21-13-16-5-7-11(17-13)20-6-18(12(7)19)10-8(14)3-2-4-9(10)15/h2-5H,6H2,1H3. The predicted octanol–water partition coefficient (Wildman–Crippen LogP) is 2.47. The van der Waals surface area contributed by atoms with Crippen LogP contribution in [0.2, 0.25) is 0 Å².